The summed E-state index contributed by atoms with van der Waals surface area (Å²) in [5, 5.41) is 20.1. The number of phenols is 1. The molecule has 0 saturated heterocycles. The second kappa shape index (κ2) is 5.43. The lowest BCUT2D eigenvalue weighted by Gasteiger charge is -2.00. The van der Waals surface area contributed by atoms with Crippen LogP contribution in [0.1, 0.15) is 5.56 Å². The number of hydrogen-bond acceptors (Lipinski definition) is 4. The standard InChI is InChI=1S/C13H8F2N2O3/c14-9-1-3-11(15)12(6-9)16-7-8-5-10(17(19)20)2-4-13(8)18/h1-7,18H. The number of aliphatic imine (C=N–C) groups is 1. The second-order valence-corrected chi connectivity index (χ2v) is 3.85. The number of rotatable bonds is 3. The van der Waals surface area contributed by atoms with E-state index in [9.17, 15) is 24.0 Å². The van der Waals surface area contributed by atoms with Crippen LogP contribution in [0.25, 0.3) is 0 Å². The van der Waals surface area contributed by atoms with Gasteiger partial charge in [0.25, 0.3) is 5.69 Å². The van der Waals surface area contributed by atoms with E-state index in [1.54, 1.807) is 0 Å². The zero-order valence-electron chi connectivity index (χ0n) is 9.96. The molecule has 0 heterocycles. The van der Waals surface area contributed by atoms with Crippen LogP contribution < -0.4 is 0 Å². The summed E-state index contributed by atoms with van der Waals surface area (Å²) in [6.07, 6.45) is 1.03. The quantitative estimate of drug-likeness (QED) is 0.531. The molecule has 0 aliphatic rings. The first-order valence-corrected chi connectivity index (χ1v) is 5.44. The lowest BCUT2D eigenvalue weighted by molar-refractivity contribution is -0.384. The first-order chi connectivity index (χ1) is 9.47. The van der Waals surface area contributed by atoms with Crippen molar-refractivity contribution < 1.29 is 18.8 Å². The van der Waals surface area contributed by atoms with E-state index in [1.807, 2.05) is 0 Å². The highest BCUT2D eigenvalue weighted by molar-refractivity contribution is 5.86. The summed E-state index contributed by atoms with van der Waals surface area (Å²) in [7, 11) is 0. The third kappa shape index (κ3) is 2.94. The molecule has 20 heavy (non-hydrogen) atoms. The number of nitro benzene ring substituents is 1. The summed E-state index contributed by atoms with van der Waals surface area (Å²) < 4.78 is 26.3. The van der Waals surface area contributed by atoms with Crippen molar-refractivity contribution in [2.24, 2.45) is 4.99 Å². The van der Waals surface area contributed by atoms with Crippen LogP contribution in [-0.2, 0) is 0 Å². The van der Waals surface area contributed by atoms with Gasteiger partial charge in [-0.3, -0.25) is 15.1 Å². The summed E-state index contributed by atoms with van der Waals surface area (Å²) in [4.78, 5) is 13.6. The third-order valence-corrected chi connectivity index (χ3v) is 2.47. The lowest BCUT2D eigenvalue weighted by atomic mass is 10.2. The van der Waals surface area contributed by atoms with Crippen LogP contribution in [0.4, 0.5) is 20.2 Å². The molecule has 5 nitrogen and oxygen atoms in total. The second-order valence-electron chi connectivity index (χ2n) is 3.85. The molecular formula is C13H8F2N2O3. The normalized spacial score (nSPS) is 10.9. The first kappa shape index (κ1) is 13.6. The summed E-state index contributed by atoms with van der Waals surface area (Å²) in [5.41, 5.74) is -0.484. The number of benzene rings is 2. The van der Waals surface area contributed by atoms with Crippen molar-refractivity contribution in [3.8, 4) is 5.75 Å². The highest BCUT2D eigenvalue weighted by atomic mass is 19.1. The number of non-ortho nitro benzene ring substituents is 1. The van der Waals surface area contributed by atoms with Crippen molar-refractivity contribution in [3.63, 3.8) is 0 Å². The molecule has 102 valence electrons. The van der Waals surface area contributed by atoms with Gasteiger partial charge in [-0.05, 0) is 18.2 Å². The van der Waals surface area contributed by atoms with E-state index >= 15 is 0 Å². The number of hydrogen-bond donors (Lipinski definition) is 1. The smallest absolute Gasteiger partial charge is 0.270 e. The van der Waals surface area contributed by atoms with Crippen LogP contribution >= 0.6 is 0 Å². The molecule has 0 bridgehead atoms. The SMILES string of the molecule is O=[N+]([O-])c1ccc(O)c(C=Nc2cc(F)ccc2F)c1. The maximum atomic E-state index is 13.3. The van der Waals surface area contributed by atoms with Gasteiger partial charge < -0.3 is 5.11 Å². The van der Waals surface area contributed by atoms with Crippen LogP contribution in [0.15, 0.2) is 41.4 Å². The molecule has 0 radical (unpaired) electrons. The molecular weight excluding hydrogens is 270 g/mol. The van der Waals surface area contributed by atoms with E-state index in [0.717, 1.165) is 42.6 Å². The van der Waals surface area contributed by atoms with Gasteiger partial charge in [-0.15, -0.1) is 0 Å². The Bertz CT molecular complexity index is 702. The summed E-state index contributed by atoms with van der Waals surface area (Å²) in [5.74, 6) is -1.66. The van der Waals surface area contributed by atoms with Gasteiger partial charge in [0.2, 0.25) is 0 Å². The van der Waals surface area contributed by atoms with Gasteiger partial charge in [-0.2, -0.15) is 0 Å². The van der Waals surface area contributed by atoms with Crippen LogP contribution in [0.2, 0.25) is 0 Å². The molecule has 0 aromatic heterocycles. The van der Waals surface area contributed by atoms with Gasteiger partial charge >= 0.3 is 0 Å². The Morgan fingerprint density at radius 3 is 2.65 bits per heavy atom. The molecule has 2 aromatic carbocycles. The molecule has 7 heteroatoms. The maximum Gasteiger partial charge on any atom is 0.270 e. The van der Waals surface area contributed by atoms with Crippen molar-refractivity contribution in [2.75, 3.05) is 0 Å². The predicted octanol–water partition coefficient (Wildman–Crippen LogP) is 3.33. The fourth-order valence-electron chi connectivity index (χ4n) is 1.48. The maximum absolute atomic E-state index is 13.3. The Balaban J connectivity index is 2.38. The molecule has 0 spiro atoms. The summed E-state index contributed by atoms with van der Waals surface area (Å²) in [6, 6.07) is 6.06. The van der Waals surface area contributed by atoms with Crippen LogP contribution in [-0.4, -0.2) is 16.2 Å². The minimum Gasteiger partial charge on any atom is -0.507 e. The minimum absolute atomic E-state index is 0.0304. The fourth-order valence-corrected chi connectivity index (χ4v) is 1.48. The van der Waals surface area contributed by atoms with E-state index in [-0.39, 0.29) is 22.7 Å². The third-order valence-electron chi connectivity index (χ3n) is 2.47. The molecule has 0 aliphatic heterocycles. The van der Waals surface area contributed by atoms with Crippen molar-refractivity contribution in [1.29, 1.82) is 0 Å². The molecule has 2 rings (SSSR count). The molecule has 0 saturated carbocycles. The van der Waals surface area contributed by atoms with Crippen molar-refractivity contribution in [3.05, 3.63) is 63.7 Å². The van der Waals surface area contributed by atoms with Gasteiger partial charge in [0.1, 0.15) is 23.1 Å². The van der Waals surface area contributed by atoms with Crippen molar-refractivity contribution in [2.45, 2.75) is 0 Å². The highest BCUT2D eigenvalue weighted by Gasteiger charge is 2.09. The number of halogens is 2. The number of aromatic hydroxyl groups is 1. The van der Waals surface area contributed by atoms with Crippen molar-refractivity contribution in [1.82, 2.24) is 0 Å². The van der Waals surface area contributed by atoms with E-state index in [0.29, 0.717) is 0 Å². The van der Waals surface area contributed by atoms with Crippen molar-refractivity contribution >= 4 is 17.6 Å². The van der Waals surface area contributed by atoms with Gasteiger partial charge in [0, 0.05) is 30.0 Å². The predicted molar refractivity (Wildman–Crippen MR) is 68.4 cm³/mol. The van der Waals surface area contributed by atoms with E-state index < -0.39 is 16.6 Å². The molecule has 0 amide bonds. The largest absolute Gasteiger partial charge is 0.507 e. The fraction of sp³-hybridized carbons (Fsp3) is 0. The molecule has 1 N–H and O–H groups in total. The zero-order valence-corrected chi connectivity index (χ0v) is 9.96. The zero-order chi connectivity index (χ0) is 14.7. The Hall–Kier alpha value is -2.83. The molecule has 0 aliphatic carbocycles. The van der Waals surface area contributed by atoms with E-state index in [1.165, 1.54) is 0 Å². The number of nitro groups is 1. The monoisotopic (exact) mass is 278 g/mol. The summed E-state index contributed by atoms with van der Waals surface area (Å²) >= 11 is 0. The topological polar surface area (TPSA) is 75.7 Å². The molecule has 0 unspecified atom stereocenters. The average molecular weight is 278 g/mol. The van der Waals surface area contributed by atoms with E-state index in [4.69, 9.17) is 0 Å². The van der Waals surface area contributed by atoms with Crippen LogP contribution in [0.3, 0.4) is 0 Å². The Morgan fingerprint density at radius 2 is 1.95 bits per heavy atom. The Morgan fingerprint density at radius 1 is 1.20 bits per heavy atom. The first-order valence-electron chi connectivity index (χ1n) is 5.44. The van der Waals surface area contributed by atoms with E-state index in [2.05, 4.69) is 4.99 Å². The highest BCUT2D eigenvalue weighted by Crippen LogP contribution is 2.23. The Labute approximate surface area is 112 Å². The number of nitrogens with zero attached hydrogens (tertiary/aromatic N) is 2. The summed E-state index contributed by atoms with van der Waals surface area (Å²) in [6.45, 7) is 0. The average Bonchev–Trinajstić information content (AvgIpc) is 2.41. The van der Waals surface area contributed by atoms with Gasteiger partial charge in [0.15, 0.2) is 0 Å². The van der Waals surface area contributed by atoms with Crippen LogP contribution in [0.5, 0.6) is 5.75 Å². The molecule has 2 aromatic rings. The van der Waals surface area contributed by atoms with Crippen LogP contribution in [0, 0.1) is 21.7 Å². The van der Waals surface area contributed by atoms with Gasteiger partial charge in [-0.25, -0.2) is 8.78 Å². The Kier molecular flexibility index (Phi) is 3.69. The molecule has 0 fully saturated rings. The van der Waals surface area contributed by atoms with Gasteiger partial charge in [-0.1, -0.05) is 0 Å². The number of phenolic OH excluding ortho intramolecular Hbond substituents is 1. The minimum atomic E-state index is -0.743. The van der Waals surface area contributed by atoms with Gasteiger partial charge in [0.05, 0.1) is 4.92 Å². The molecule has 0 atom stereocenters. The lowest BCUT2D eigenvalue weighted by Crippen LogP contribution is -1.90.